The summed E-state index contributed by atoms with van der Waals surface area (Å²) in [6.07, 6.45) is 1.03. The number of carboxylic acids is 1. The maximum absolute atomic E-state index is 12.6. The van der Waals surface area contributed by atoms with Crippen LogP contribution in [0.15, 0.2) is 24.3 Å². The lowest BCUT2D eigenvalue weighted by Crippen LogP contribution is -2.52. The Morgan fingerprint density at radius 2 is 2.13 bits per heavy atom. The van der Waals surface area contributed by atoms with Gasteiger partial charge in [-0.1, -0.05) is 6.07 Å². The van der Waals surface area contributed by atoms with Gasteiger partial charge in [-0.25, -0.2) is 4.79 Å². The third kappa shape index (κ3) is 3.58. The van der Waals surface area contributed by atoms with Gasteiger partial charge in [-0.2, -0.15) is 0 Å². The monoisotopic (exact) mass is 322 g/mol. The van der Waals surface area contributed by atoms with Crippen molar-refractivity contribution in [1.29, 1.82) is 0 Å². The molecular formula is C15H18N2O6. The average Bonchev–Trinajstić information content (AvgIpc) is 2.95. The highest BCUT2D eigenvalue weighted by Gasteiger charge is 2.42. The highest BCUT2D eigenvalue weighted by atomic mass is 16.6. The van der Waals surface area contributed by atoms with Gasteiger partial charge in [0, 0.05) is 12.6 Å². The molecule has 1 saturated heterocycles. The van der Waals surface area contributed by atoms with Crippen LogP contribution in [0.2, 0.25) is 0 Å². The summed E-state index contributed by atoms with van der Waals surface area (Å²) in [5.41, 5.74) is -1.47. The molecular weight excluding hydrogens is 304 g/mol. The number of hydrogen-bond acceptors (Lipinski definition) is 5. The quantitative estimate of drug-likeness (QED) is 0.654. The third-order valence-electron chi connectivity index (χ3n) is 3.72. The minimum atomic E-state index is -1.33. The van der Waals surface area contributed by atoms with Gasteiger partial charge in [-0.05, 0) is 32.8 Å². The Hall–Kier alpha value is -2.64. The standard InChI is InChI=1S/C15H18N2O6/c1-15(2,14(20)16-8-4-7-12(16)13(18)19)23-11-6-3-5-10(9-11)17(21)22/h3,5-6,9,12H,4,7-8H2,1-2H3,(H,18,19). The highest BCUT2D eigenvalue weighted by Crippen LogP contribution is 2.27. The van der Waals surface area contributed by atoms with Gasteiger partial charge in [0.25, 0.3) is 11.6 Å². The summed E-state index contributed by atoms with van der Waals surface area (Å²) in [5, 5.41) is 20.0. The van der Waals surface area contributed by atoms with E-state index in [0.717, 1.165) is 0 Å². The highest BCUT2D eigenvalue weighted by molar-refractivity contribution is 5.89. The number of nitro groups is 1. The number of carboxylic acid groups (broad SMARTS) is 1. The van der Waals surface area contributed by atoms with Crippen LogP contribution in [0, 0.1) is 10.1 Å². The van der Waals surface area contributed by atoms with Crippen molar-refractivity contribution in [3.8, 4) is 5.75 Å². The van der Waals surface area contributed by atoms with Gasteiger partial charge >= 0.3 is 5.97 Å². The van der Waals surface area contributed by atoms with Crippen LogP contribution in [0.1, 0.15) is 26.7 Å². The number of amides is 1. The molecule has 1 aliphatic heterocycles. The summed E-state index contributed by atoms with van der Waals surface area (Å²) in [4.78, 5) is 35.3. The first-order valence-electron chi connectivity index (χ1n) is 7.20. The topological polar surface area (TPSA) is 110 Å². The zero-order valence-corrected chi connectivity index (χ0v) is 12.9. The predicted octanol–water partition coefficient (Wildman–Crippen LogP) is 1.83. The molecule has 1 aromatic carbocycles. The molecule has 124 valence electrons. The summed E-state index contributed by atoms with van der Waals surface area (Å²) in [6.45, 7) is 3.40. The number of hydrogen-bond donors (Lipinski definition) is 1. The Morgan fingerprint density at radius 1 is 1.43 bits per heavy atom. The Bertz CT molecular complexity index is 643. The minimum absolute atomic E-state index is 0.143. The van der Waals surface area contributed by atoms with Crippen LogP contribution in [-0.2, 0) is 9.59 Å². The fourth-order valence-electron chi connectivity index (χ4n) is 2.61. The van der Waals surface area contributed by atoms with Crippen LogP contribution >= 0.6 is 0 Å². The summed E-state index contributed by atoms with van der Waals surface area (Å²) in [5.74, 6) is -1.31. The van der Waals surface area contributed by atoms with Gasteiger partial charge in [-0.15, -0.1) is 0 Å². The van der Waals surface area contributed by atoms with E-state index in [4.69, 9.17) is 4.74 Å². The van der Waals surface area contributed by atoms with E-state index >= 15 is 0 Å². The van der Waals surface area contributed by atoms with Crippen molar-refractivity contribution >= 4 is 17.6 Å². The summed E-state index contributed by atoms with van der Waals surface area (Å²) < 4.78 is 5.61. The number of non-ortho nitro benzene ring substituents is 1. The molecule has 2 rings (SSSR count). The van der Waals surface area contributed by atoms with E-state index in [1.54, 1.807) is 0 Å². The Balaban J connectivity index is 2.17. The second-order valence-electron chi connectivity index (χ2n) is 5.86. The molecule has 0 bridgehead atoms. The summed E-state index contributed by atoms with van der Waals surface area (Å²) in [6, 6.07) is 4.68. The maximum Gasteiger partial charge on any atom is 0.326 e. The van der Waals surface area contributed by atoms with Crippen molar-refractivity contribution in [2.24, 2.45) is 0 Å². The summed E-state index contributed by atoms with van der Waals surface area (Å²) in [7, 11) is 0. The molecule has 1 N–H and O–H groups in total. The van der Waals surface area contributed by atoms with Gasteiger partial charge < -0.3 is 14.7 Å². The van der Waals surface area contributed by atoms with Gasteiger partial charge in [0.05, 0.1) is 11.0 Å². The van der Waals surface area contributed by atoms with Gasteiger partial charge in [0.15, 0.2) is 5.60 Å². The largest absolute Gasteiger partial charge is 0.480 e. The second kappa shape index (κ2) is 6.23. The van der Waals surface area contributed by atoms with Crippen molar-refractivity contribution in [1.82, 2.24) is 4.90 Å². The van der Waals surface area contributed by atoms with Gasteiger partial charge in [-0.3, -0.25) is 14.9 Å². The summed E-state index contributed by atoms with van der Waals surface area (Å²) >= 11 is 0. The third-order valence-corrected chi connectivity index (χ3v) is 3.72. The molecule has 1 aliphatic rings. The fourth-order valence-corrected chi connectivity index (χ4v) is 2.61. The lowest BCUT2D eigenvalue weighted by molar-refractivity contribution is -0.385. The first kappa shape index (κ1) is 16.7. The molecule has 0 radical (unpaired) electrons. The number of aliphatic carboxylic acids is 1. The molecule has 23 heavy (non-hydrogen) atoms. The number of nitro benzene ring substituents is 1. The molecule has 0 saturated carbocycles. The number of nitrogens with zero attached hydrogens (tertiary/aromatic N) is 2. The van der Waals surface area contributed by atoms with Crippen LogP contribution in [0.25, 0.3) is 0 Å². The Morgan fingerprint density at radius 3 is 2.74 bits per heavy atom. The molecule has 8 heteroatoms. The van der Waals surface area contributed by atoms with Crippen molar-refractivity contribution in [2.45, 2.75) is 38.3 Å². The van der Waals surface area contributed by atoms with E-state index in [9.17, 15) is 24.8 Å². The molecule has 1 amide bonds. The first-order valence-corrected chi connectivity index (χ1v) is 7.20. The fraction of sp³-hybridized carbons (Fsp3) is 0.467. The zero-order chi connectivity index (χ0) is 17.2. The molecule has 1 heterocycles. The predicted molar refractivity (Wildman–Crippen MR) is 80.2 cm³/mol. The van der Waals surface area contributed by atoms with Crippen molar-refractivity contribution < 1.29 is 24.4 Å². The van der Waals surface area contributed by atoms with Gasteiger partial charge in [0.1, 0.15) is 11.8 Å². The molecule has 1 aromatic rings. The Kier molecular flexibility index (Phi) is 4.53. The molecule has 1 atom stereocenters. The van der Waals surface area contributed by atoms with Gasteiger partial charge in [0.2, 0.25) is 0 Å². The van der Waals surface area contributed by atoms with Crippen LogP contribution in [0.3, 0.4) is 0 Å². The van der Waals surface area contributed by atoms with E-state index in [-0.39, 0.29) is 11.4 Å². The lowest BCUT2D eigenvalue weighted by atomic mass is 10.1. The smallest absolute Gasteiger partial charge is 0.326 e. The van der Waals surface area contributed by atoms with Crippen LogP contribution in [0.5, 0.6) is 5.75 Å². The minimum Gasteiger partial charge on any atom is -0.480 e. The first-order chi connectivity index (χ1) is 10.7. The molecule has 0 spiro atoms. The second-order valence-corrected chi connectivity index (χ2v) is 5.86. The van der Waals surface area contributed by atoms with Crippen molar-refractivity contribution in [2.75, 3.05) is 6.54 Å². The normalized spacial score (nSPS) is 17.8. The van der Waals surface area contributed by atoms with E-state index in [2.05, 4.69) is 0 Å². The number of carbonyl (C=O) groups excluding carboxylic acids is 1. The van der Waals surface area contributed by atoms with Crippen molar-refractivity contribution in [3.63, 3.8) is 0 Å². The number of carbonyl (C=O) groups is 2. The Labute approximate surface area is 132 Å². The molecule has 0 aliphatic carbocycles. The number of rotatable bonds is 5. The molecule has 0 aromatic heterocycles. The average molecular weight is 322 g/mol. The van der Waals surface area contributed by atoms with Crippen LogP contribution in [-0.4, -0.2) is 45.0 Å². The number of benzene rings is 1. The zero-order valence-electron chi connectivity index (χ0n) is 12.9. The number of ether oxygens (including phenoxy) is 1. The van der Waals surface area contributed by atoms with E-state index in [0.29, 0.717) is 19.4 Å². The molecule has 8 nitrogen and oxygen atoms in total. The van der Waals surface area contributed by atoms with Crippen LogP contribution < -0.4 is 4.74 Å². The van der Waals surface area contributed by atoms with E-state index in [1.807, 2.05) is 0 Å². The number of likely N-dealkylation sites (tertiary alicyclic amines) is 1. The lowest BCUT2D eigenvalue weighted by Gasteiger charge is -2.32. The SMILES string of the molecule is CC(C)(Oc1cccc([N+](=O)[O-])c1)C(=O)N1CCCC1C(=O)O. The molecule has 1 unspecified atom stereocenters. The van der Waals surface area contributed by atoms with E-state index < -0.39 is 28.4 Å². The van der Waals surface area contributed by atoms with Crippen LogP contribution in [0.4, 0.5) is 5.69 Å². The van der Waals surface area contributed by atoms with Crippen molar-refractivity contribution in [3.05, 3.63) is 34.4 Å². The maximum atomic E-state index is 12.6. The molecule has 1 fully saturated rings. The van der Waals surface area contributed by atoms with E-state index in [1.165, 1.54) is 43.0 Å².